The zero-order valence-electron chi connectivity index (χ0n) is 9.54. The first-order valence-electron chi connectivity index (χ1n) is 5.51. The van der Waals surface area contributed by atoms with Crippen molar-refractivity contribution < 1.29 is 0 Å². The molecular formula is C13H11N5. The summed E-state index contributed by atoms with van der Waals surface area (Å²) in [5, 5.41) is 5.39. The van der Waals surface area contributed by atoms with Crippen LogP contribution in [0.15, 0.2) is 48.9 Å². The predicted molar refractivity (Wildman–Crippen MR) is 71.5 cm³/mol. The van der Waals surface area contributed by atoms with Gasteiger partial charge in [-0.15, -0.1) is 0 Å². The summed E-state index contributed by atoms with van der Waals surface area (Å²) in [5.41, 5.74) is 6.52. The lowest BCUT2D eigenvalue weighted by Gasteiger charge is -2.08. The standard InChI is InChI=1S/C13H11N5/c14-13-16-7-5-12(18-13)17-11-3-1-2-9-8-15-6-4-10(9)11/h1-8H,(H3,14,16,17,18). The number of aromatic nitrogens is 3. The molecule has 3 aromatic rings. The fraction of sp³-hybridized carbons (Fsp3) is 0. The van der Waals surface area contributed by atoms with Gasteiger partial charge in [-0.3, -0.25) is 4.98 Å². The van der Waals surface area contributed by atoms with Crippen molar-refractivity contribution in [1.82, 2.24) is 15.0 Å². The second-order valence-corrected chi connectivity index (χ2v) is 3.83. The third-order valence-electron chi connectivity index (χ3n) is 2.62. The summed E-state index contributed by atoms with van der Waals surface area (Å²) in [6, 6.07) is 9.71. The molecule has 0 unspecified atom stereocenters. The van der Waals surface area contributed by atoms with Crippen molar-refractivity contribution >= 4 is 28.2 Å². The van der Waals surface area contributed by atoms with E-state index in [1.807, 2.05) is 30.5 Å². The quantitative estimate of drug-likeness (QED) is 0.715. The van der Waals surface area contributed by atoms with Gasteiger partial charge in [-0.05, 0) is 18.2 Å². The van der Waals surface area contributed by atoms with E-state index >= 15 is 0 Å². The number of fused-ring (bicyclic) bond motifs is 1. The van der Waals surface area contributed by atoms with Gasteiger partial charge in [-0.25, -0.2) is 4.98 Å². The Labute approximate surface area is 104 Å². The fourth-order valence-corrected chi connectivity index (χ4v) is 1.81. The summed E-state index contributed by atoms with van der Waals surface area (Å²) in [7, 11) is 0. The van der Waals surface area contributed by atoms with Crippen molar-refractivity contribution in [3.63, 3.8) is 0 Å². The van der Waals surface area contributed by atoms with Crippen molar-refractivity contribution in [3.05, 3.63) is 48.9 Å². The number of nitrogens with two attached hydrogens (primary N) is 1. The molecule has 1 aromatic carbocycles. The lowest BCUT2D eigenvalue weighted by atomic mass is 10.1. The Balaban J connectivity index is 2.05. The minimum Gasteiger partial charge on any atom is -0.368 e. The smallest absolute Gasteiger partial charge is 0.221 e. The van der Waals surface area contributed by atoms with Gasteiger partial charge in [0.15, 0.2) is 0 Å². The van der Waals surface area contributed by atoms with Crippen molar-refractivity contribution in [2.45, 2.75) is 0 Å². The number of hydrogen-bond donors (Lipinski definition) is 2. The molecule has 0 aliphatic rings. The highest BCUT2D eigenvalue weighted by molar-refractivity contribution is 5.94. The van der Waals surface area contributed by atoms with Crippen LogP contribution in [0.3, 0.4) is 0 Å². The van der Waals surface area contributed by atoms with E-state index in [4.69, 9.17) is 5.73 Å². The molecule has 3 rings (SSSR count). The molecule has 88 valence electrons. The minimum atomic E-state index is 0.252. The first-order valence-corrected chi connectivity index (χ1v) is 5.51. The van der Waals surface area contributed by atoms with Gasteiger partial charge < -0.3 is 11.1 Å². The Bertz CT molecular complexity index is 690. The summed E-state index contributed by atoms with van der Waals surface area (Å²) < 4.78 is 0. The van der Waals surface area contributed by atoms with E-state index in [9.17, 15) is 0 Å². The second-order valence-electron chi connectivity index (χ2n) is 3.83. The third-order valence-corrected chi connectivity index (χ3v) is 2.62. The predicted octanol–water partition coefficient (Wildman–Crippen LogP) is 2.35. The largest absolute Gasteiger partial charge is 0.368 e. The zero-order valence-corrected chi connectivity index (χ0v) is 9.54. The Morgan fingerprint density at radius 3 is 2.89 bits per heavy atom. The molecule has 0 spiro atoms. The number of rotatable bonds is 2. The molecule has 0 saturated heterocycles. The van der Waals surface area contributed by atoms with E-state index < -0.39 is 0 Å². The molecule has 2 aromatic heterocycles. The number of pyridine rings is 1. The summed E-state index contributed by atoms with van der Waals surface area (Å²) in [5.74, 6) is 0.925. The first-order chi connectivity index (χ1) is 8.83. The topological polar surface area (TPSA) is 76.7 Å². The average Bonchev–Trinajstić information content (AvgIpc) is 2.39. The molecule has 18 heavy (non-hydrogen) atoms. The van der Waals surface area contributed by atoms with Crippen LogP contribution in [0.5, 0.6) is 0 Å². The normalized spacial score (nSPS) is 10.4. The number of anilines is 3. The van der Waals surface area contributed by atoms with E-state index in [1.165, 1.54) is 0 Å². The molecule has 3 N–H and O–H groups in total. The van der Waals surface area contributed by atoms with Crippen LogP contribution in [0.1, 0.15) is 0 Å². The maximum atomic E-state index is 5.55. The highest BCUT2D eigenvalue weighted by Crippen LogP contribution is 2.24. The first kappa shape index (κ1) is 10.5. The Morgan fingerprint density at radius 1 is 1.06 bits per heavy atom. The number of benzene rings is 1. The summed E-state index contributed by atoms with van der Waals surface area (Å²) in [4.78, 5) is 12.1. The number of nitrogen functional groups attached to an aromatic ring is 1. The van der Waals surface area contributed by atoms with Gasteiger partial charge >= 0.3 is 0 Å². The molecule has 0 aliphatic heterocycles. The number of nitrogens with one attached hydrogen (secondary N) is 1. The second kappa shape index (κ2) is 4.29. The third kappa shape index (κ3) is 1.93. The summed E-state index contributed by atoms with van der Waals surface area (Å²) >= 11 is 0. The van der Waals surface area contributed by atoms with E-state index in [0.29, 0.717) is 5.82 Å². The van der Waals surface area contributed by atoms with Crippen LogP contribution in [0, 0.1) is 0 Å². The highest BCUT2D eigenvalue weighted by atomic mass is 15.1. The van der Waals surface area contributed by atoms with Gasteiger partial charge in [-0.1, -0.05) is 12.1 Å². The Morgan fingerprint density at radius 2 is 2.00 bits per heavy atom. The van der Waals surface area contributed by atoms with Gasteiger partial charge in [-0.2, -0.15) is 4.98 Å². The van der Waals surface area contributed by atoms with Crippen LogP contribution in [0.25, 0.3) is 10.8 Å². The van der Waals surface area contributed by atoms with Gasteiger partial charge in [0, 0.05) is 35.1 Å². The number of hydrogen-bond acceptors (Lipinski definition) is 5. The van der Waals surface area contributed by atoms with E-state index in [-0.39, 0.29) is 5.95 Å². The molecule has 0 amide bonds. The molecule has 0 radical (unpaired) electrons. The van der Waals surface area contributed by atoms with Gasteiger partial charge in [0.1, 0.15) is 5.82 Å². The van der Waals surface area contributed by atoms with Crippen molar-refractivity contribution in [2.24, 2.45) is 0 Å². The molecular weight excluding hydrogens is 226 g/mol. The maximum absolute atomic E-state index is 5.55. The summed E-state index contributed by atoms with van der Waals surface area (Å²) in [6.45, 7) is 0. The fourth-order valence-electron chi connectivity index (χ4n) is 1.81. The lowest BCUT2D eigenvalue weighted by Crippen LogP contribution is -1.99. The molecule has 2 heterocycles. The monoisotopic (exact) mass is 237 g/mol. The zero-order chi connectivity index (χ0) is 12.4. The van der Waals surface area contributed by atoms with Crippen LogP contribution in [-0.4, -0.2) is 15.0 Å². The SMILES string of the molecule is Nc1nccc(Nc2cccc3cnccc23)n1. The van der Waals surface area contributed by atoms with Crippen LogP contribution < -0.4 is 11.1 Å². The lowest BCUT2D eigenvalue weighted by molar-refractivity contribution is 1.19. The van der Waals surface area contributed by atoms with Crippen molar-refractivity contribution in [3.8, 4) is 0 Å². The van der Waals surface area contributed by atoms with E-state index in [1.54, 1.807) is 18.5 Å². The Hall–Kier alpha value is -2.69. The molecule has 0 bridgehead atoms. The maximum Gasteiger partial charge on any atom is 0.221 e. The van der Waals surface area contributed by atoms with Crippen molar-refractivity contribution in [1.29, 1.82) is 0 Å². The van der Waals surface area contributed by atoms with E-state index in [0.717, 1.165) is 16.5 Å². The molecule has 0 saturated carbocycles. The Kier molecular flexibility index (Phi) is 2.49. The van der Waals surface area contributed by atoms with Gasteiger partial charge in [0.05, 0.1) is 0 Å². The molecule has 5 heteroatoms. The molecule has 0 fully saturated rings. The molecule has 0 atom stereocenters. The van der Waals surface area contributed by atoms with Gasteiger partial charge in [0.25, 0.3) is 0 Å². The van der Waals surface area contributed by atoms with Crippen LogP contribution in [0.2, 0.25) is 0 Å². The van der Waals surface area contributed by atoms with Crippen molar-refractivity contribution in [2.75, 3.05) is 11.1 Å². The molecule has 5 nitrogen and oxygen atoms in total. The minimum absolute atomic E-state index is 0.252. The molecule has 0 aliphatic carbocycles. The van der Waals surface area contributed by atoms with Crippen LogP contribution in [-0.2, 0) is 0 Å². The summed E-state index contributed by atoms with van der Waals surface area (Å²) in [6.07, 6.45) is 5.22. The van der Waals surface area contributed by atoms with E-state index in [2.05, 4.69) is 20.3 Å². The number of nitrogens with zero attached hydrogens (tertiary/aromatic N) is 3. The average molecular weight is 237 g/mol. The van der Waals surface area contributed by atoms with Crippen LogP contribution >= 0.6 is 0 Å². The van der Waals surface area contributed by atoms with Crippen LogP contribution in [0.4, 0.5) is 17.5 Å². The highest BCUT2D eigenvalue weighted by Gasteiger charge is 2.02. The van der Waals surface area contributed by atoms with Gasteiger partial charge in [0.2, 0.25) is 5.95 Å².